The molecule has 0 saturated carbocycles. The zero-order valence-corrected chi connectivity index (χ0v) is 23.1. The van der Waals surface area contributed by atoms with E-state index < -0.39 is 5.41 Å². The summed E-state index contributed by atoms with van der Waals surface area (Å²) in [5, 5.41) is 49.7. The number of benzene rings is 2. The fourth-order valence-corrected chi connectivity index (χ4v) is 4.84. The number of carbonyl (C=O) groups is 2. The number of aromatic hydroxyl groups is 2. The Morgan fingerprint density at radius 3 is 1.54 bits per heavy atom. The molecule has 0 unspecified atom stereocenters. The van der Waals surface area contributed by atoms with E-state index in [1.54, 1.807) is 50.5 Å². The third-order valence-corrected chi connectivity index (χ3v) is 7.84. The number of tetrazole rings is 2. The van der Waals surface area contributed by atoms with Gasteiger partial charge in [-0.05, 0) is 56.2 Å². The second-order valence-corrected chi connectivity index (χ2v) is 10.8. The second-order valence-electron chi connectivity index (χ2n) is 8.93. The molecule has 2 heterocycles. The number of thioether (sulfide) groups is 2. The van der Waals surface area contributed by atoms with Crippen molar-refractivity contribution in [1.29, 1.82) is 0 Å². The summed E-state index contributed by atoms with van der Waals surface area (Å²) >= 11 is 2.35. The summed E-state index contributed by atoms with van der Waals surface area (Å²) in [5.74, 6) is -0.691. The number of anilines is 2. The quantitative estimate of drug-likeness (QED) is 0.161. The highest BCUT2D eigenvalue weighted by Gasteiger charge is 2.26. The van der Waals surface area contributed by atoms with Crippen LogP contribution < -0.4 is 10.6 Å². The molecule has 0 radical (unpaired) electrons. The molecular weight excluding hydrogens is 544 g/mol. The summed E-state index contributed by atoms with van der Waals surface area (Å²) in [6, 6.07) is 9.97. The molecule has 0 fully saturated rings. The molecule has 2 aromatic carbocycles. The number of rotatable bonds is 10. The summed E-state index contributed by atoms with van der Waals surface area (Å²) in [7, 11) is 3.35. The Hall–Kier alpha value is -4.18. The molecule has 14 nitrogen and oxygen atoms in total. The van der Waals surface area contributed by atoms with E-state index in [4.69, 9.17) is 0 Å². The van der Waals surface area contributed by atoms with Gasteiger partial charge in [0.2, 0.25) is 22.1 Å². The second kappa shape index (κ2) is 11.7. The van der Waals surface area contributed by atoms with E-state index in [1.165, 1.54) is 32.9 Å². The van der Waals surface area contributed by atoms with E-state index in [1.807, 2.05) is 13.8 Å². The van der Waals surface area contributed by atoms with Crippen molar-refractivity contribution in [2.75, 3.05) is 22.1 Å². The third-order valence-electron chi connectivity index (χ3n) is 5.81. The van der Waals surface area contributed by atoms with Crippen molar-refractivity contribution in [1.82, 2.24) is 40.4 Å². The highest BCUT2D eigenvalue weighted by molar-refractivity contribution is 8.00. The average Bonchev–Trinajstić information content (AvgIpc) is 3.50. The smallest absolute Gasteiger partial charge is 0.234 e. The number of hydrogen-bond acceptors (Lipinski definition) is 12. The SMILES string of the molecule is Cn1nnnc1SCC(=O)Nc1ccc(C(C)(C)c2ccc(NC(=O)CSc3nnnn3C)c(O)c2)cc1O. The van der Waals surface area contributed by atoms with Crippen LogP contribution in [-0.4, -0.2) is 73.9 Å². The predicted octanol–water partition coefficient (Wildman–Crippen LogP) is 1.93. The molecular formula is C23H26N10O4S2. The van der Waals surface area contributed by atoms with Gasteiger partial charge in [-0.25, -0.2) is 9.36 Å². The van der Waals surface area contributed by atoms with Gasteiger partial charge >= 0.3 is 0 Å². The first-order valence-electron chi connectivity index (χ1n) is 11.5. The number of amides is 2. The van der Waals surface area contributed by atoms with Crippen molar-refractivity contribution >= 4 is 46.7 Å². The average molecular weight is 571 g/mol. The number of carbonyl (C=O) groups excluding carboxylic acids is 2. The first-order valence-corrected chi connectivity index (χ1v) is 13.5. The van der Waals surface area contributed by atoms with Gasteiger partial charge in [0.25, 0.3) is 0 Å². The van der Waals surface area contributed by atoms with E-state index in [-0.39, 0.29) is 46.2 Å². The first-order chi connectivity index (χ1) is 18.5. The molecule has 0 spiro atoms. The van der Waals surface area contributed by atoms with Crippen LogP contribution in [0.25, 0.3) is 0 Å². The van der Waals surface area contributed by atoms with Gasteiger partial charge in [0.15, 0.2) is 0 Å². The number of phenols is 2. The van der Waals surface area contributed by atoms with Crippen LogP contribution in [0.2, 0.25) is 0 Å². The number of hydrogen-bond donors (Lipinski definition) is 4. The van der Waals surface area contributed by atoms with Crippen LogP contribution in [-0.2, 0) is 29.1 Å². The molecule has 16 heteroatoms. The third kappa shape index (κ3) is 6.64. The lowest BCUT2D eigenvalue weighted by Gasteiger charge is -2.27. The summed E-state index contributed by atoms with van der Waals surface area (Å²) in [4.78, 5) is 24.7. The summed E-state index contributed by atoms with van der Waals surface area (Å²) < 4.78 is 2.92. The van der Waals surface area contributed by atoms with Gasteiger partial charge in [0.05, 0.1) is 22.9 Å². The molecule has 0 aliphatic carbocycles. The van der Waals surface area contributed by atoms with Gasteiger partial charge in [0.1, 0.15) is 11.5 Å². The van der Waals surface area contributed by atoms with Crippen LogP contribution in [0.5, 0.6) is 11.5 Å². The van der Waals surface area contributed by atoms with Gasteiger partial charge < -0.3 is 20.8 Å². The zero-order valence-electron chi connectivity index (χ0n) is 21.5. The summed E-state index contributed by atoms with van der Waals surface area (Å²) in [6.45, 7) is 3.87. The van der Waals surface area contributed by atoms with Crippen molar-refractivity contribution in [3.8, 4) is 11.5 Å². The summed E-state index contributed by atoms with van der Waals surface area (Å²) in [6.07, 6.45) is 0. The lowest BCUT2D eigenvalue weighted by Crippen LogP contribution is -2.20. The zero-order chi connectivity index (χ0) is 28.2. The molecule has 4 aromatic rings. The molecule has 0 atom stereocenters. The van der Waals surface area contributed by atoms with Crippen LogP contribution in [0.1, 0.15) is 25.0 Å². The molecule has 0 saturated heterocycles. The van der Waals surface area contributed by atoms with Crippen molar-refractivity contribution < 1.29 is 19.8 Å². The lowest BCUT2D eigenvalue weighted by molar-refractivity contribution is -0.114. The molecule has 2 aromatic heterocycles. The maximum absolute atomic E-state index is 12.3. The lowest BCUT2D eigenvalue weighted by atomic mass is 9.78. The normalized spacial score (nSPS) is 11.4. The standard InChI is InChI=1S/C23H26N10O4S2/c1-23(2,13-5-7-15(17(34)9-13)24-19(36)11-38-21-26-28-30-32(21)3)14-6-8-16(18(35)10-14)25-20(37)12-39-22-27-29-31-33(22)4/h5-10,34-35H,11-12H2,1-4H3,(H,24,36)(H,25,37). The minimum atomic E-state index is -0.623. The van der Waals surface area contributed by atoms with E-state index in [0.717, 1.165) is 11.1 Å². The van der Waals surface area contributed by atoms with Gasteiger partial charge in [-0.1, -0.05) is 49.5 Å². The van der Waals surface area contributed by atoms with E-state index >= 15 is 0 Å². The number of nitrogens with zero attached hydrogens (tertiary/aromatic N) is 8. The number of aryl methyl sites for hydroxylation is 2. The molecule has 4 rings (SSSR count). The van der Waals surface area contributed by atoms with Crippen LogP contribution in [0.4, 0.5) is 11.4 Å². The Labute approximate surface area is 231 Å². The maximum atomic E-state index is 12.3. The highest BCUT2D eigenvalue weighted by Crippen LogP contribution is 2.38. The van der Waals surface area contributed by atoms with Crippen molar-refractivity contribution in [2.24, 2.45) is 14.1 Å². The molecule has 204 valence electrons. The highest BCUT2D eigenvalue weighted by atomic mass is 32.2. The van der Waals surface area contributed by atoms with Crippen LogP contribution in [0.15, 0.2) is 46.7 Å². The molecule has 4 N–H and O–H groups in total. The van der Waals surface area contributed by atoms with E-state index in [2.05, 4.69) is 41.7 Å². The van der Waals surface area contributed by atoms with Crippen molar-refractivity contribution in [3.63, 3.8) is 0 Å². The Kier molecular flexibility index (Phi) is 8.35. The minimum absolute atomic E-state index is 0.0686. The van der Waals surface area contributed by atoms with Gasteiger partial charge in [-0.15, -0.1) is 10.2 Å². The van der Waals surface area contributed by atoms with Gasteiger partial charge in [-0.3, -0.25) is 9.59 Å². The molecule has 0 bridgehead atoms. The molecule has 2 amide bonds. The Bertz CT molecular complexity index is 1390. The van der Waals surface area contributed by atoms with Crippen molar-refractivity contribution in [3.05, 3.63) is 47.5 Å². The first kappa shape index (κ1) is 27.8. The van der Waals surface area contributed by atoms with Gasteiger partial charge in [-0.2, -0.15) is 0 Å². The van der Waals surface area contributed by atoms with Crippen molar-refractivity contribution in [2.45, 2.75) is 29.6 Å². The number of nitrogens with one attached hydrogen (secondary N) is 2. The Balaban J connectivity index is 1.39. The molecule has 0 aliphatic heterocycles. The number of aromatic nitrogens is 8. The van der Waals surface area contributed by atoms with Crippen LogP contribution in [0, 0.1) is 0 Å². The Morgan fingerprint density at radius 2 is 1.21 bits per heavy atom. The fraction of sp³-hybridized carbons (Fsp3) is 0.304. The van der Waals surface area contributed by atoms with Gasteiger partial charge in [0, 0.05) is 19.5 Å². The summed E-state index contributed by atoms with van der Waals surface area (Å²) in [5.41, 5.74) is 1.42. The van der Waals surface area contributed by atoms with E-state index in [9.17, 15) is 19.8 Å². The van der Waals surface area contributed by atoms with Crippen LogP contribution >= 0.6 is 23.5 Å². The Morgan fingerprint density at radius 1 is 0.795 bits per heavy atom. The predicted molar refractivity (Wildman–Crippen MR) is 145 cm³/mol. The van der Waals surface area contributed by atoms with E-state index in [0.29, 0.717) is 10.3 Å². The molecule has 0 aliphatic rings. The number of phenolic OH excluding ortho intramolecular Hbond substituents is 2. The minimum Gasteiger partial charge on any atom is -0.506 e. The topological polar surface area (TPSA) is 186 Å². The largest absolute Gasteiger partial charge is 0.506 e. The monoisotopic (exact) mass is 570 g/mol. The fourth-order valence-electron chi connectivity index (χ4n) is 3.54. The van der Waals surface area contributed by atoms with Crippen LogP contribution in [0.3, 0.4) is 0 Å². The maximum Gasteiger partial charge on any atom is 0.234 e. The molecule has 39 heavy (non-hydrogen) atoms.